The van der Waals surface area contributed by atoms with Crippen LogP contribution in [0.4, 0.5) is 0 Å². The Morgan fingerprint density at radius 3 is 2.29 bits per heavy atom. The highest BCUT2D eigenvalue weighted by Crippen LogP contribution is 2.19. The van der Waals surface area contributed by atoms with Crippen LogP contribution in [0.1, 0.15) is 25.0 Å². The maximum absolute atomic E-state index is 12.8. The van der Waals surface area contributed by atoms with Crippen LogP contribution >= 0.6 is 0 Å². The number of benzene rings is 2. The lowest BCUT2D eigenvalue weighted by atomic mass is 10.0. The normalized spacial score (nSPS) is 13.5. The number of aromatic hydroxyl groups is 1. The van der Waals surface area contributed by atoms with Gasteiger partial charge in [-0.3, -0.25) is 14.4 Å². The van der Waals surface area contributed by atoms with E-state index in [0.29, 0.717) is 5.56 Å². The van der Waals surface area contributed by atoms with Crippen molar-refractivity contribution in [1.82, 2.24) is 20.9 Å². The van der Waals surface area contributed by atoms with Crippen molar-refractivity contribution in [2.45, 2.75) is 44.8 Å². The summed E-state index contributed by atoms with van der Waals surface area (Å²) in [6, 6.07) is 10.5. The molecule has 0 radical (unpaired) electrons. The van der Waals surface area contributed by atoms with Crippen LogP contribution in [0.5, 0.6) is 5.75 Å². The molecule has 38 heavy (non-hydrogen) atoms. The molecule has 3 rings (SSSR count). The number of fused-ring (bicyclic) bond motifs is 1. The van der Waals surface area contributed by atoms with Gasteiger partial charge < -0.3 is 36.9 Å². The molecule has 0 bridgehead atoms. The summed E-state index contributed by atoms with van der Waals surface area (Å²) in [5, 5.41) is 27.3. The van der Waals surface area contributed by atoms with E-state index in [1.807, 2.05) is 24.3 Å². The van der Waals surface area contributed by atoms with Gasteiger partial charge in [0.05, 0.1) is 12.6 Å². The van der Waals surface area contributed by atoms with Gasteiger partial charge in [0.15, 0.2) is 0 Å². The molecule has 0 aliphatic carbocycles. The number of aliphatic carboxylic acids is 1. The third-order valence-corrected chi connectivity index (χ3v) is 6.13. The van der Waals surface area contributed by atoms with E-state index in [4.69, 9.17) is 5.73 Å². The number of phenols is 1. The molecule has 11 nitrogen and oxygen atoms in total. The molecule has 0 aliphatic rings. The van der Waals surface area contributed by atoms with E-state index in [1.54, 1.807) is 32.2 Å². The predicted octanol–water partition coefficient (Wildman–Crippen LogP) is 0.812. The Labute approximate surface area is 219 Å². The Morgan fingerprint density at radius 2 is 1.63 bits per heavy atom. The van der Waals surface area contributed by atoms with Crippen LogP contribution in [0.25, 0.3) is 10.9 Å². The highest BCUT2D eigenvalue weighted by atomic mass is 16.4. The number of carboxylic acids is 1. The number of H-pyrrole nitrogens is 1. The number of aromatic nitrogens is 1. The van der Waals surface area contributed by atoms with Gasteiger partial charge in [0.25, 0.3) is 0 Å². The monoisotopic (exact) mass is 523 g/mol. The zero-order chi connectivity index (χ0) is 27.8. The van der Waals surface area contributed by atoms with Gasteiger partial charge in [0.2, 0.25) is 17.7 Å². The molecule has 3 atom stereocenters. The number of carbonyl (C=O) groups excluding carboxylic acids is 3. The fourth-order valence-corrected chi connectivity index (χ4v) is 4.02. The molecular formula is C27H33N5O6. The average Bonchev–Trinajstić information content (AvgIpc) is 3.29. The first-order chi connectivity index (χ1) is 18.0. The third-order valence-electron chi connectivity index (χ3n) is 6.13. The van der Waals surface area contributed by atoms with Crippen molar-refractivity contribution in [1.29, 1.82) is 0 Å². The molecule has 202 valence electrons. The second kappa shape index (κ2) is 12.7. The van der Waals surface area contributed by atoms with E-state index < -0.39 is 48.4 Å². The number of amides is 3. The van der Waals surface area contributed by atoms with Crippen molar-refractivity contribution in [3.05, 3.63) is 65.9 Å². The van der Waals surface area contributed by atoms with Crippen LogP contribution in [-0.4, -0.2) is 63.6 Å². The Hall–Kier alpha value is -4.38. The number of para-hydroxylation sites is 1. The van der Waals surface area contributed by atoms with Gasteiger partial charge in [0.1, 0.15) is 17.8 Å². The van der Waals surface area contributed by atoms with Gasteiger partial charge >= 0.3 is 5.97 Å². The zero-order valence-corrected chi connectivity index (χ0v) is 21.2. The molecule has 3 aromatic rings. The first-order valence-electron chi connectivity index (χ1n) is 12.2. The van der Waals surface area contributed by atoms with Crippen molar-refractivity contribution in [3.63, 3.8) is 0 Å². The lowest BCUT2D eigenvalue weighted by Gasteiger charge is -2.23. The fourth-order valence-electron chi connectivity index (χ4n) is 4.02. The number of carboxylic acid groups (broad SMARTS) is 1. The number of phenolic OH excluding ortho intramolecular Hbond substituents is 1. The first-order valence-corrected chi connectivity index (χ1v) is 12.2. The van der Waals surface area contributed by atoms with E-state index in [-0.39, 0.29) is 24.5 Å². The molecule has 1 aromatic heterocycles. The van der Waals surface area contributed by atoms with Gasteiger partial charge in [-0.05, 0) is 41.7 Å². The number of aromatic amines is 1. The van der Waals surface area contributed by atoms with E-state index in [0.717, 1.165) is 16.5 Å². The molecule has 0 saturated heterocycles. The fraction of sp³-hybridized carbons (Fsp3) is 0.333. The number of carbonyl (C=O) groups is 4. The molecule has 8 N–H and O–H groups in total. The van der Waals surface area contributed by atoms with E-state index in [1.165, 1.54) is 12.1 Å². The molecule has 3 unspecified atom stereocenters. The highest BCUT2D eigenvalue weighted by molar-refractivity contribution is 5.93. The van der Waals surface area contributed by atoms with Crippen molar-refractivity contribution in [3.8, 4) is 5.75 Å². The summed E-state index contributed by atoms with van der Waals surface area (Å²) in [6.07, 6.45) is 2.06. The zero-order valence-electron chi connectivity index (χ0n) is 21.2. The van der Waals surface area contributed by atoms with Crippen LogP contribution in [0.2, 0.25) is 0 Å². The van der Waals surface area contributed by atoms with Crippen molar-refractivity contribution in [2.75, 3.05) is 6.54 Å². The van der Waals surface area contributed by atoms with Gasteiger partial charge in [-0.25, -0.2) is 4.79 Å². The van der Waals surface area contributed by atoms with E-state index in [2.05, 4.69) is 20.9 Å². The molecular weight excluding hydrogens is 490 g/mol. The second-order valence-electron chi connectivity index (χ2n) is 9.45. The summed E-state index contributed by atoms with van der Waals surface area (Å²) in [4.78, 5) is 52.7. The Morgan fingerprint density at radius 1 is 0.947 bits per heavy atom. The highest BCUT2D eigenvalue weighted by Gasteiger charge is 2.28. The lowest BCUT2D eigenvalue weighted by Crippen LogP contribution is -2.55. The minimum Gasteiger partial charge on any atom is -0.508 e. The average molecular weight is 524 g/mol. The molecule has 0 spiro atoms. The summed E-state index contributed by atoms with van der Waals surface area (Å²) in [7, 11) is 0. The molecule has 0 aliphatic heterocycles. The predicted molar refractivity (Wildman–Crippen MR) is 141 cm³/mol. The molecule has 0 saturated carbocycles. The van der Waals surface area contributed by atoms with E-state index >= 15 is 0 Å². The third kappa shape index (κ3) is 7.56. The van der Waals surface area contributed by atoms with Gasteiger partial charge in [0, 0.05) is 23.5 Å². The standard InChI is InChI=1S/C27H33N5O6/c1-15(2)24(32-25(35)20(28)12-17-13-29-21-6-4-3-5-19(17)21)26(36)30-14-23(34)31-22(27(37)38)11-16-7-9-18(33)10-8-16/h3-10,13,15,20,22,24,29,33H,11-12,14,28H2,1-2H3,(H,30,36)(H,31,34)(H,32,35)(H,37,38). The Balaban J connectivity index is 1.53. The number of hydrogen-bond acceptors (Lipinski definition) is 6. The van der Waals surface area contributed by atoms with Crippen LogP contribution in [0, 0.1) is 5.92 Å². The Kier molecular flexibility index (Phi) is 9.44. The van der Waals surface area contributed by atoms with Crippen molar-refractivity contribution >= 4 is 34.6 Å². The number of nitrogens with two attached hydrogens (primary N) is 1. The van der Waals surface area contributed by atoms with Crippen molar-refractivity contribution < 1.29 is 29.4 Å². The number of rotatable bonds is 12. The van der Waals surface area contributed by atoms with E-state index in [9.17, 15) is 29.4 Å². The van der Waals surface area contributed by atoms with Crippen LogP contribution in [0.15, 0.2) is 54.7 Å². The summed E-state index contributed by atoms with van der Waals surface area (Å²) >= 11 is 0. The maximum Gasteiger partial charge on any atom is 0.326 e. The first kappa shape index (κ1) is 28.2. The summed E-state index contributed by atoms with van der Waals surface area (Å²) in [5.74, 6) is -3.30. The Bertz CT molecular complexity index is 1290. The van der Waals surface area contributed by atoms with Crippen LogP contribution in [0.3, 0.4) is 0 Å². The number of nitrogens with one attached hydrogen (secondary N) is 4. The molecule has 3 amide bonds. The molecule has 1 heterocycles. The number of hydrogen-bond donors (Lipinski definition) is 7. The van der Waals surface area contributed by atoms with Gasteiger partial charge in [-0.15, -0.1) is 0 Å². The quantitative estimate of drug-likeness (QED) is 0.183. The summed E-state index contributed by atoms with van der Waals surface area (Å²) < 4.78 is 0. The second-order valence-corrected chi connectivity index (χ2v) is 9.45. The maximum atomic E-state index is 12.8. The molecule has 0 fully saturated rings. The van der Waals surface area contributed by atoms with Crippen molar-refractivity contribution in [2.24, 2.45) is 11.7 Å². The molecule has 11 heteroatoms. The minimum atomic E-state index is -1.24. The van der Waals surface area contributed by atoms with Crippen LogP contribution in [-0.2, 0) is 32.0 Å². The van der Waals surface area contributed by atoms with Crippen LogP contribution < -0.4 is 21.7 Å². The summed E-state index contributed by atoms with van der Waals surface area (Å²) in [5.41, 5.74) is 8.55. The lowest BCUT2D eigenvalue weighted by molar-refractivity contribution is -0.141. The van der Waals surface area contributed by atoms with Gasteiger partial charge in [-0.2, -0.15) is 0 Å². The smallest absolute Gasteiger partial charge is 0.326 e. The minimum absolute atomic E-state index is 0.00566. The largest absolute Gasteiger partial charge is 0.508 e. The topological polar surface area (TPSA) is 187 Å². The van der Waals surface area contributed by atoms with Gasteiger partial charge in [-0.1, -0.05) is 44.2 Å². The molecule has 2 aromatic carbocycles. The SMILES string of the molecule is CC(C)C(NC(=O)C(N)Cc1c[nH]c2ccccc12)C(=O)NCC(=O)NC(Cc1ccc(O)cc1)C(=O)O. The summed E-state index contributed by atoms with van der Waals surface area (Å²) in [6.45, 7) is 3.01.